The Kier molecular flexibility index (Phi) is 22.1. The first-order valence-electron chi connectivity index (χ1n) is 25.4. The van der Waals surface area contributed by atoms with Crippen molar-refractivity contribution in [2.75, 3.05) is 37.4 Å². The Labute approximate surface area is 466 Å². The van der Waals surface area contributed by atoms with E-state index >= 15 is 0 Å². The van der Waals surface area contributed by atoms with Crippen LogP contribution in [0.15, 0.2) is 110 Å². The number of hydrogen-bond donors (Lipinski definition) is 3. The number of hydroxylamine groups is 2. The number of imide groups is 3. The molecular weight excluding hydrogens is 1070 g/mol. The first kappa shape index (κ1) is 58.7. The molecule has 420 valence electrons. The minimum atomic E-state index is -1.00. The van der Waals surface area contributed by atoms with Crippen molar-refractivity contribution in [1.82, 2.24) is 80.9 Å². The van der Waals surface area contributed by atoms with Gasteiger partial charge in [0.25, 0.3) is 35.4 Å². The van der Waals surface area contributed by atoms with E-state index in [1.54, 1.807) is 67.0 Å². The van der Waals surface area contributed by atoms with Crippen LogP contribution in [0, 0.1) is 6.92 Å². The lowest BCUT2D eigenvalue weighted by molar-refractivity contribution is -0.197. The number of hydrogen-bond acceptors (Lipinski definition) is 23. The van der Waals surface area contributed by atoms with Crippen LogP contribution in [-0.4, -0.2) is 162 Å². The summed E-state index contributed by atoms with van der Waals surface area (Å²) < 4.78 is 15.5. The highest BCUT2D eigenvalue weighted by atomic mass is 19.1. The molecule has 30 heteroatoms. The molecule has 9 heterocycles. The fourth-order valence-corrected chi connectivity index (χ4v) is 6.97. The van der Waals surface area contributed by atoms with E-state index in [4.69, 9.17) is 6.21 Å². The molecule has 3 aliphatic heterocycles. The predicted octanol–water partition coefficient (Wildman–Crippen LogP) is 2.37. The lowest BCUT2D eigenvalue weighted by Crippen LogP contribution is -2.38. The van der Waals surface area contributed by atoms with Crippen molar-refractivity contribution in [2.24, 2.45) is 0 Å². The number of anilines is 2. The Bertz CT molecular complexity index is 3260. The molecule has 0 aromatic carbocycles. The van der Waals surface area contributed by atoms with Crippen LogP contribution in [-0.2, 0) is 52.8 Å². The van der Waals surface area contributed by atoms with Crippen molar-refractivity contribution >= 4 is 70.5 Å². The third-order valence-corrected chi connectivity index (χ3v) is 10.9. The number of carbonyl (C=O) groups excluding carboxylic acids is 10. The molecule has 0 radical (unpaired) electrons. The number of halogens is 1. The molecule has 29 nitrogen and oxygen atoms in total. The van der Waals surface area contributed by atoms with E-state index in [9.17, 15) is 52.3 Å². The molecule has 0 atom stereocenters. The maximum absolute atomic E-state index is 12.2. The van der Waals surface area contributed by atoms with Gasteiger partial charge in [-0.1, -0.05) is 12.1 Å². The van der Waals surface area contributed by atoms with Gasteiger partial charge in [0, 0.05) is 88.3 Å². The first-order chi connectivity index (χ1) is 40.1. The zero-order valence-corrected chi connectivity index (χ0v) is 43.4. The van der Waals surface area contributed by atoms with Crippen molar-refractivity contribution < 1.29 is 58.5 Å². The van der Waals surface area contributed by atoms with E-state index in [1.807, 2.05) is 6.07 Å². The zero-order valence-electron chi connectivity index (χ0n) is 44.4. The van der Waals surface area contributed by atoms with Crippen LogP contribution in [0.25, 0.3) is 46.1 Å². The maximum atomic E-state index is 12.2. The van der Waals surface area contributed by atoms with Gasteiger partial charge in [-0.3, -0.25) is 77.3 Å². The van der Waals surface area contributed by atoms with Gasteiger partial charge in [0.05, 0.1) is 45.8 Å². The molecular formula is C52H50FN18O11+. The minimum absolute atomic E-state index is 0.0248. The monoisotopic (exact) mass is 1120 g/mol. The number of amides is 9. The summed E-state index contributed by atoms with van der Waals surface area (Å²) in [7, 11) is -1.00. The van der Waals surface area contributed by atoms with Crippen LogP contribution in [0.1, 0.15) is 59.2 Å². The van der Waals surface area contributed by atoms with E-state index < -0.39 is 36.8 Å². The van der Waals surface area contributed by atoms with Gasteiger partial charge >= 0.3 is 5.97 Å². The van der Waals surface area contributed by atoms with Crippen molar-refractivity contribution in [3.05, 3.63) is 117 Å². The standard InChI is InChI=1S/C23H21N9O4.C21H18N8O5.C7H8NO2.CH3F/c33-18(25-12-13-32-20(35)9-10-21(32)36)5-3-6-19(34)27-15-7-8-17(26-14-15)23-30-28-22(29-31-23)16-4-1-2-11-24-16;30-16(5-3-6-19(33)34-29-17(31)9-10-18(29)32)24-13-7-8-15(23-12-13)21-27-25-20(26-28-21)14-4-1-2-11-22-14;1-2-5-8-6(9)3-4-7(8)10;1-2/h1-2,4,7-11,14H,3,5-6,12-13H2,(H,25,33)(H,27,34);1-2,4,7-8,11-12H,3,5-6,9-10H2,(H,24,30);3-4H,1-2,5H2;1H3/q;;+1;/i;;;1D. The van der Waals surface area contributed by atoms with Crippen LogP contribution in [0.3, 0.4) is 0 Å². The number of aromatic nitrogens is 12. The lowest BCUT2D eigenvalue weighted by atomic mass is 10.2. The molecule has 0 unspecified atom stereocenters. The molecule has 0 spiro atoms. The third kappa shape index (κ3) is 18.1. The molecule has 0 aliphatic carbocycles. The molecule has 1 saturated heterocycles. The highest BCUT2D eigenvalue weighted by Gasteiger charge is 2.33. The quantitative estimate of drug-likeness (QED) is 0.0729. The predicted molar refractivity (Wildman–Crippen MR) is 282 cm³/mol. The molecule has 0 saturated carbocycles. The van der Waals surface area contributed by atoms with E-state index in [0.29, 0.717) is 64.4 Å². The topological polar surface area (TPSA) is 380 Å². The van der Waals surface area contributed by atoms with Crippen molar-refractivity contribution in [3.8, 4) is 46.1 Å². The first-order valence-corrected chi connectivity index (χ1v) is 24.7. The smallest absolute Gasteiger partial charge is 0.333 e. The molecule has 3 aliphatic rings. The second-order valence-corrected chi connectivity index (χ2v) is 16.8. The van der Waals surface area contributed by atoms with E-state index in [1.165, 1.54) is 41.6 Å². The molecule has 82 heavy (non-hydrogen) atoms. The van der Waals surface area contributed by atoms with Gasteiger partial charge in [-0.25, -0.2) is 4.79 Å². The van der Waals surface area contributed by atoms with Crippen LogP contribution in [0.2, 0.25) is 0 Å². The molecule has 0 bridgehead atoms. The van der Waals surface area contributed by atoms with Gasteiger partial charge in [0.1, 0.15) is 29.2 Å². The van der Waals surface area contributed by atoms with Gasteiger partial charge < -0.3 is 20.8 Å². The summed E-state index contributed by atoms with van der Waals surface area (Å²) in [5, 5.41) is 40.7. The normalized spacial score (nSPS) is 13.3. The number of rotatable bonds is 20. The zero-order chi connectivity index (χ0) is 59.5. The summed E-state index contributed by atoms with van der Waals surface area (Å²) in [5.74, 6) is -2.94. The second kappa shape index (κ2) is 30.9. The Morgan fingerprint density at radius 2 is 0.939 bits per heavy atom. The average Bonchev–Trinajstić information content (AvgIpc) is 4.30. The van der Waals surface area contributed by atoms with E-state index in [0.717, 1.165) is 4.90 Å². The molecule has 6 aromatic heterocycles. The van der Waals surface area contributed by atoms with Crippen molar-refractivity contribution in [1.29, 1.82) is 0 Å². The Balaban J connectivity index is 0.000000220. The molecule has 9 rings (SSSR count). The number of carbonyl (C=O) groups is 10. The number of nitrogens with zero attached hydrogens (tertiary/aromatic N) is 15. The van der Waals surface area contributed by atoms with Gasteiger partial charge in [-0.05, 0) is 61.4 Å². The summed E-state index contributed by atoms with van der Waals surface area (Å²) in [5.41, 5.74) is 2.87. The average molecular weight is 1120 g/mol. The Morgan fingerprint density at radius 1 is 0.549 bits per heavy atom. The highest BCUT2D eigenvalue weighted by molar-refractivity contribution is 6.13. The summed E-state index contributed by atoms with van der Waals surface area (Å²) in [6.07, 6.45) is 12.4. The lowest BCUT2D eigenvalue weighted by Gasteiger charge is -2.13. The summed E-state index contributed by atoms with van der Waals surface area (Å²) in [6, 6.07) is 17.2. The molecule has 3 N–H and O–H groups in total. The number of alkyl halides is 1. The summed E-state index contributed by atoms with van der Waals surface area (Å²) in [4.78, 5) is 139. The molecule has 9 amide bonds. The number of nitrogens with one attached hydrogen (secondary N) is 3. The highest BCUT2D eigenvalue weighted by Crippen LogP contribution is 2.19. The van der Waals surface area contributed by atoms with Crippen LogP contribution in [0.5, 0.6) is 0 Å². The largest absolute Gasteiger partial charge is 0.354 e. The maximum Gasteiger partial charge on any atom is 0.333 e. The molecule has 1 fully saturated rings. The minimum Gasteiger partial charge on any atom is -0.354 e. The van der Waals surface area contributed by atoms with Gasteiger partial charge in [-0.15, -0.1) is 45.9 Å². The fourth-order valence-electron chi connectivity index (χ4n) is 6.97. The summed E-state index contributed by atoms with van der Waals surface area (Å²) in [6.45, 7) is 4.22. The Hall–Kier alpha value is -10.9. The third-order valence-electron chi connectivity index (χ3n) is 10.9. The number of pyridine rings is 4. The van der Waals surface area contributed by atoms with Crippen molar-refractivity contribution in [2.45, 2.75) is 57.8 Å². The van der Waals surface area contributed by atoms with Crippen LogP contribution < -0.4 is 16.0 Å². The fraction of sp³-hybridized carbons (Fsp3) is 0.250. The van der Waals surface area contributed by atoms with Crippen LogP contribution in [0.4, 0.5) is 15.8 Å². The molecule has 6 aromatic rings. The van der Waals surface area contributed by atoms with E-state index in [2.05, 4.69) is 83.6 Å². The Morgan fingerprint density at radius 3 is 1.32 bits per heavy atom. The van der Waals surface area contributed by atoms with Crippen LogP contribution >= 0.6 is 0 Å². The van der Waals surface area contributed by atoms with Gasteiger partial charge in [0.2, 0.25) is 41.0 Å². The second-order valence-electron chi connectivity index (χ2n) is 16.8. The SMILES string of the molecule is O=C(CCCC(=O)Nc1ccc(-c2nnc(-c3ccccn3)nn2)nc1)NCCN1C(=O)C=CC1=O.O=C(CCCC(=O)ON1C(=O)CCC1=O)Nc1ccc(-c2nnc(-c3ccccn3)nn2)nc1.[2H]CF.[CH2+]CCN1C(=O)C=CC1=O. The van der Waals surface area contributed by atoms with E-state index in [-0.39, 0.29) is 105 Å². The van der Waals surface area contributed by atoms with Gasteiger partial charge in [0.15, 0.2) is 0 Å². The van der Waals surface area contributed by atoms with Gasteiger partial charge in [-0.2, -0.15) is 0 Å². The summed E-state index contributed by atoms with van der Waals surface area (Å²) >= 11 is 0. The van der Waals surface area contributed by atoms with Crippen molar-refractivity contribution in [3.63, 3.8) is 0 Å².